The van der Waals surface area contributed by atoms with E-state index in [1.807, 2.05) is 35.7 Å². The van der Waals surface area contributed by atoms with Gasteiger partial charge in [0.25, 0.3) is 0 Å². The first-order valence-electron chi connectivity index (χ1n) is 9.97. The monoisotopic (exact) mass is 424 g/mol. The Balaban J connectivity index is 1.57. The van der Waals surface area contributed by atoms with Gasteiger partial charge in [0.05, 0.1) is 0 Å². The SMILES string of the molecule is C=Cc1ccc(CSc2cccc3cccc(SCc4cccc(C=C)c4)c23)cc1. The number of rotatable bonds is 8. The summed E-state index contributed by atoms with van der Waals surface area (Å²) < 4.78 is 0. The van der Waals surface area contributed by atoms with Crippen LogP contribution in [0.3, 0.4) is 0 Å². The van der Waals surface area contributed by atoms with Crippen LogP contribution in [-0.2, 0) is 11.5 Å². The molecule has 4 aromatic rings. The molecule has 2 heteroatoms. The average molecular weight is 425 g/mol. The zero-order valence-corrected chi connectivity index (χ0v) is 18.5. The topological polar surface area (TPSA) is 0 Å². The fourth-order valence-electron chi connectivity index (χ4n) is 3.40. The van der Waals surface area contributed by atoms with Crippen molar-refractivity contribution in [3.8, 4) is 0 Å². The Bertz CT molecular complexity index is 1170. The molecule has 0 unspecified atom stereocenters. The van der Waals surface area contributed by atoms with Crippen molar-refractivity contribution in [3.63, 3.8) is 0 Å². The Morgan fingerprint density at radius 1 is 0.600 bits per heavy atom. The first-order chi connectivity index (χ1) is 14.8. The standard InChI is InChI=1S/C28H24S2/c1-3-21-14-16-23(17-15-21)19-29-26-12-6-10-25-11-7-13-27(28(25)26)30-20-24-9-5-8-22(4-2)18-24/h3-18H,1-2,19-20H2. The van der Waals surface area contributed by atoms with Crippen LogP contribution in [0, 0.1) is 0 Å². The van der Waals surface area contributed by atoms with Gasteiger partial charge in [-0.05, 0) is 39.8 Å². The lowest BCUT2D eigenvalue weighted by molar-refractivity contribution is 1.37. The van der Waals surface area contributed by atoms with Crippen molar-refractivity contribution >= 4 is 46.4 Å². The van der Waals surface area contributed by atoms with Gasteiger partial charge < -0.3 is 0 Å². The van der Waals surface area contributed by atoms with Crippen LogP contribution in [0.1, 0.15) is 22.3 Å². The van der Waals surface area contributed by atoms with Crippen LogP contribution in [0.25, 0.3) is 22.9 Å². The van der Waals surface area contributed by atoms with Crippen LogP contribution >= 0.6 is 23.5 Å². The van der Waals surface area contributed by atoms with Crippen molar-refractivity contribution in [1.82, 2.24) is 0 Å². The number of benzene rings is 4. The van der Waals surface area contributed by atoms with Gasteiger partial charge in [-0.1, -0.05) is 98.1 Å². The van der Waals surface area contributed by atoms with Gasteiger partial charge in [-0.2, -0.15) is 0 Å². The van der Waals surface area contributed by atoms with Gasteiger partial charge in [-0.25, -0.2) is 0 Å². The van der Waals surface area contributed by atoms with Crippen LogP contribution in [0.2, 0.25) is 0 Å². The lowest BCUT2D eigenvalue weighted by atomic mass is 10.1. The Morgan fingerprint density at radius 2 is 1.20 bits per heavy atom. The normalized spacial score (nSPS) is 10.8. The second kappa shape index (κ2) is 9.88. The highest BCUT2D eigenvalue weighted by Gasteiger charge is 2.09. The summed E-state index contributed by atoms with van der Waals surface area (Å²) >= 11 is 3.81. The van der Waals surface area contributed by atoms with Crippen molar-refractivity contribution in [3.05, 3.63) is 120 Å². The van der Waals surface area contributed by atoms with E-state index in [0.29, 0.717) is 0 Å². The molecule has 0 saturated heterocycles. The molecule has 0 aliphatic heterocycles. The zero-order chi connectivity index (χ0) is 20.8. The van der Waals surface area contributed by atoms with E-state index in [-0.39, 0.29) is 0 Å². The Hall–Kier alpha value is -2.68. The maximum Gasteiger partial charge on any atom is 0.0232 e. The molecule has 0 bridgehead atoms. The number of fused-ring (bicyclic) bond motifs is 1. The van der Waals surface area contributed by atoms with E-state index in [9.17, 15) is 0 Å². The minimum atomic E-state index is 0.947. The van der Waals surface area contributed by atoms with E-state index in [1.54, 1.807) is 0 Å². The molecule has 0 nitrogen and oxygen atoms in total. The summed E-state index contributed by atoms with van der Waals surface area (Å²) in [4.78, 5) is 2.67. The smallest absolute Gasteiger partial charge is 0.0232 e. The van der Waals surface area contributed by atoms with E-state index in [1.165, 1.54) is 37.3 Å². The molecule has 0 fully saturated rings. The van der Waals surface area contributed by atoms with Crippen molar-refractivity contribution in [2.45, 2.75) is 21.3 Å². The van der Waals surface area contributed by atoms with Crippen LogP contribution in [0.15, 0.2) is 108 Å². The van der Waals surface area contributed by atoms with E-state index in [4.69, 9.17) is 0 Å². The molecule has 0 aliphatic rings. The Morgan fingerprint density at radius 3 is 1.83 bits per heavy atom. The third kappa shape index (κ3) is 4.89. The highest BCUT2D eigenvalue weighted by atomic mass is 32.2. The fraction of sp³-hybridized carbons (Fsp3) is 0.0714. The van der Waals surface area contributed by atoms with Gasteiger partial charge in [-0.15, -0.1) is 23.5 Å². The first-order valence-corrected chi connectivity index (χ1v) is 11.9. The predicted octanol–water partition coefficient (Wildman–Crippen LogP) is 8.71. The maximum atomic E-state index is 3.88. The number of thioether (sulfide) groups is 2. The summed E-state index contributed by atoms with van der Waals surface area (Å²) in [5.74, 6) is 1.90. The molecule has 0 radical (unpaired) electrons. The summed E-state index contributed by atoms with van der Waals surface area (Å²) in [6.07, 6.45) is 3.79. The van der Waals surface area contributed by atoms with Crippen molar-refractivity contribution in [2.75, 3.05) is 0 Å². The molecule has 4 aromatic carbocycles. The van der Waals surface area contributed by atoms with Gasteiger partial charge in [0, 0.05) is 26.7 Å². The maximum absolute atomic E-state index is 3.88. The summed E-state index contributed by atoms with van der Waals surface area (Å²) in [6.45, 7) is 7.72. The fourth-order valence-corrected chi connectivity index (χ4v) is 5.57. The molecule has 0 N–H and O–H groups in total. The van der Waals surface area contributed by atoms with E-state index < -0.39 is 0 Å². The molecule has 0 amide bonds. The van der Waals surface area contributed by atoms with Gasteiger partial charge in [0.1, 0.15) is 0 Å². The second-order valence-electron chi connectivity index (χ2n) is 7.08. The summed E-state index contributed by atoms with van der Waals surface area (Å²) in [5.41, 5.74) is 4.98. The minimum absolute atomic E-state index is 0.947. The molecule has 0 aliphatic carbocycles. The van der Waals surface area contributed by atoms with E-state index >= 15 is 0 Å². The summed E-state index contributed by atoms with van der Waals surface area (Å²) in [7, 11) is 0. The summed E-state index contributed by atoms with van der Waals surface area (Å²) in [6, 6.07) is 30.5. The third-order valence-corrected chi connectivity index (χ3v) is 7.28. The van der Waals surface area contributed by atoms with Crippen molar-refractivity contribution in [2.24, 2.45) is 0 Å². The molecule has 0 atom stereocenters. The van der Waals surface area contributed by atoms with E-state index in [2.05, 4.69) is 98.1 Å². The lowest BCUT2D eigenvalue weighted by Gasteiger charge is -2.12. The number of hydrogen-bond donors (Lipinski definition) is 0. The molecule has 0 saturated carbocycles. The third-order valence-electron chi connectivity index (χ3n) is 5.02. The molecular formula is C28H24S2. The average Bonchev–Trinajstić information content (AvgIpc) is 2.81. The molecule has 0 aromatic heterocycles. The van der Waals surface area contributed by atoms with Crippen molar-refractivity contribution in [1.29, 1.82) is 0 Å². The molecule has 148 valence electrons. The first kappa shape index (κ1) is 20.6. The van der Waals surface area contributed by atoms with Crippen LogP contribution < -0.4 is 0 Å². The van der Waals surface area contributed by atoms with Crippen LogP contribution in [0.5, 0.6) is 0 Å². The quantitative estimate of drug-likeness (QED) is 0.259. The van der Waals surface area contributed by atoms with E-state index in [0.717, 1.165) is 17.1 Å². The minimum Gasteiger partial charge on any atom is -0.121 e. The van der Waals surface area contributed by atoms with Crippen LogP contribution in [0.4, 0.5) is 0 Å². The van der Waals surface area contributed by atoms with Gasteiger partial charge in [-0.3, -0.25) is 0 Å². The van der Waals surface area contributed by atoms with Crippen LogP contribution in [-0.4, -0.2) is 0 Å². The molecule has 30 heavy (non-hydrogen) atoms. The van der Waals surface area contributed by atoms with Gasteiger partial charge in [0.15, 0.2) is 0 Å². The van der Waals surface area contributed by atoms with Crippen molar-refractivity contribution < 1.29 is 0 Å². The molecule has 4 rings (SSSR count). The second-order valence-corrected chi connectivity index (χ2v) is 9.12. The molecular weight excluding hydrogens is 400 g/mol. The molecule has 0 heterocycles. The highest BCUT2D eigenvalue weighted by molar-refractivity contribution is 7.99. The highest BCUT2D eigenvalue weighted by Crippen LogP contribution is 2.38. The predicted molar refractivity (Wildman–Crippen MR) is 136 cm³/mol. The Kier molecular flexibility index (Phi) is 6.78. The number of hydrogen-bond acceptors (Lipinski definition) is 2. The summed E-state index contributed by atoms with van der Waals surface area (Å²) in [5, 5.41) is 2.66. The molecule has 0 spiro atoms. The van der Waals surface area contributed by atoms with Gasteiger partial charge >= 0.3 is 0 Å². The van der Waals surface area contributed by atoms with Gasteiger partial charge in [0.2, 0.25) is 0 Å². The lowest BCUT2D eigenvalue weighted by Crippen LogP contribution is -1.86. The Labute approximate surface area is 187 Å². The zero-order valence-electron chi connectivity index (χ0n) is 16.9. The largest absolute Gasteiger partial charge is 0.121 e.